The van der Waals surface area contributed by atoms with E-state index in [1.54, 1.807) is 6.20 Å². The number of carboxylic acid groups (broad SMARTS) is 1. The van der Waals surface area contributed by atoms with Crippen molar-refractivity contribution in [2.75, 3.05) is 6.54 Å². The Kier molecular flexibility index (Phi) is 10.3. The minimum Gasteiger partial charge on any atom is -0.489 e. The number of pyridine rings is 1. The Labute approximate surface area is 236 Å². The molecule has 208 valence electrons. The quantitative estimate of drug-likeness (QED) is 0.213. The van der Waals surface area contributed by atoms with Gasteiger partial charge in [-0.05, 0) is 49.6 Å². The maximum Gasteiger partial charge on any atom is 0.320 e. The molecule has 0 radical (unpaired) electrons. The summed E-state index contributed by atoms with van der Waals surface area (Å²) in [5, 5.41) is 9.36. The molecule has 0 aliphatic carbocycles. The van der Waals surface area contributed by atoms with Crippen LogP contribution >= 0.6 is 0 Å². The highest BCUT2D eigenvalue weighted by atomic mass is 16.5. The number of carbonyl (C=O) groups is 1. The monoisotopic (exact) mass is 539 g/mol. The van der Waals surface area contributed by atoms with Gasteiger partial charge in [0.15, 0.2) is 0 Å². The minimum absolute atomic E-state index is 0.300. The van der Waals surface area contributed by atoms with Crippen LogP contribution in [0.3, 0.4) is 0 Å². The second kappa shape index (κ2) is 14.3. The number of hydrogen-bond acceptors (Lipinski definition) is 6. The average molecular weight is 540 g/mol. The summed E-state index contributed by atoms with van der Waals surface area (Å²) in [4.78, 5) is 18.2. The van der Waals surface area contributed by atoms with Gasteiger partial charge in [0.1, 0.15) is 30.8 Å². The molecule has 3 aromatic carbocycles. The van der Waals surface area contributed by atoms with Crippen molar-refractivity contribution in [3.05, 3.63) is 125 Å². The van der Waals surface area contributed by atoms with E-state index < -0.39 is 12.0 Å². The molecular formula is C33H37N3O4. The fourth-order valence-electron chi connectivity index (χ4n) is 4.49. The van der Waals surface area contributed by atoms with Gasteiger partial charge in [-0.25, -0.2) is 0 Å². The zero-order chi connectivity index (χ0) is 28.3. The molecular weight excluding hydrogens is 502 g/mol. The fraction of sp³-hybridized carbons (Fsp3) is 0.273. The minimum atomic E-state index is -1.01. The Bertz CT molecular complexity index is 1310. The van der Waals surface area contributed by atoms with Gasteiger partial charge in [-0.1, -0.05) is 77.9 Å². The average Bonchev–Trinajstić information content (AvgIpc) is 2.95. The van der Waals surface area contributed by atoms with Crippen molar-refractivity contribution in [1.82, 2.24) is 9.88 Å². The predicted molar refractivity (Wildman–Crippen MR) is 156 cm³/mol. The van der Waals surface area contributed by atoms with Crippen molar-refractivity contribution in [2.24, 2.45) is 5.73 Å². The van der Waals surface area contributed by atoms with Crippen LogP contribution in [-0.4, -0.2) is 33.5 Å². The van der Waals surface area contributed by atoms with Gasteiger partial charge >= 0.3 is 5.97 Å². The summed E-state index contributed by atoms with van der Waals surface area (Å²) in [5.74, 6) is 0.468. The molecule has 0 saturated carbocycles. The number of nitrogens with two attached hydrogens (primary N) is 1. The molecule has 0 amide bonds. The smallest absolute Gasteiger partial charge is 0.320 e. The number of aromatic nitrogens is 1. The molecule has 4 rings (SSSR count). The first-order valence-electron chi connectivity index (χ1n) is 13.5. The number of hydrogen-bond donors (Lipinski definition) is 2. The van der Waals surface area contributed by atoms with Crippen molar-refractivity contribution < 1.29 is 19.4 Å². The van der Waals surface area contributed by atoms with Gasteiger partial charge in [0, 0.05) is 31.4 Å². The van der Waals surface area contributed by atoms with Gasteiger partial charge in [0.05, 0.1) is 5.69 Å². The summed E-state index contributed by atoms with van der Waals surface area (Å²) >= 11 is 0. The third kappa shape index (κ3) is 8.66. The Morgan fingerprint density at radius 2 is 1.48 bits per heavy atom. The van der Waals surface area contributed by atoms with E-state index in [0.717, 1.165) is 28.1 Å². The zero-order valence-corrected chi connectivity index (χ0v) is 23.1. The molecule has 0 fully saturated rings. The lowest BCUT2D eigenvalue weighted by Crippen LogP contribution is -2.35. The van der Waals surface area contributed by atoms with Crippen molar-refractivity contribution in [3.63, 3.8) is 0 Å². The molecule has 0 saturated heterocycles. The lowest BCUT2D eigenvalue weighted by molar-refractivity contribution is -0.138. The van der Waals surface area contributed by atoms with Gasteiger partial charge in [0.25, 0.3) is 0 Å². The first-order chi connectivity index (χ1) is 19.4. The molecule has 0 aliphatic rings. The maximum atomic E-state index is 11.4. The van der Waals surface area contributed by atoms with E-state index in [1.807, 2.05) is 54.6 Å². The van der Waals surface area contributed by atoms with E-state index in [4.69, 9.17) is 15.2 Å². The molecule has 0 bridgehead atoms. The van der Waals surface area contributed by atoms with Crippen molar-refractivity contribution in [3.8, 4) is 11.5 Å². The predicted octanol–water partition coefficient (Wildman–Crippen LogP) is 5.66. The number of rotatable bonds is 14. The van der Waals surface area contributed by atoms with Gasteiger partial charge in [-0.3, -0.25) is 14.7 Å². The standard InChI is InChI=1S/C33H37N3O4/c1-24-8-5-10-26(18-24)22-39-31-13-4-3-12-28(31)20-36(17-15-29(34)33(37)38)21-30-32(14-7-16-35-30)40-23-27-11-6-9-25(2)19-27/h3-14,16,18-19,29H,15,17,20-23,34H2,1-2H3,(H,37,38)/t29-/m0/s1. The first-order valence-corrected chi connectivity index (χ1v) is 13.5. The molecule has 7 heteroatoms. The van der Waals surface area contributed by atoms with Crippen LogP contribution in [0.1, 0.15) is 39.9 Å². The molecule has 0 spiro atoms. The van der Waals surface area contributed by atoms with Crippen LogP contribution in [0.25, 0.3) is 0 Å². The largest absolute Gasteiger partial charge is 0.489 e. The van der Waals surface area contributed by atoms with E-state index in [2.05, 4.69) is 54.1 Å². The van der Waals surface area contributed by atoms with Gasteiger partial charge in [0.2, 0.25) is 0 Å². The number of para-hydroxylation sites is 1. The second-order valence-corrected chi connectivity index (χ2v) is 10.1. The van der Waals surface area contributed by atoms with Gasteiger partial charge in [-0.2, -0.15) is 0 Å². The Hall–Kier alpha value is -4.20. The third-order valence-corrected chi connectivity index (χ3v) is 6.62. The van der Waals surface area contributed by atoms with E-state index in [0.29, 0.717) is 45.0 Å². The van der Waals surface area contributed by atoms with Crippen LogP contribution in [0.5, 0.6) is 11.5 Å². The van der Waals surface area contributed by atoms with Crippen molar-refractivity contribution in [1.29, 1.82) is 0 Å². The zero-order valence-electron chi connectivity index (χ0n) is 23.1. The molecule has 1 atom stereocenters. The summed E-state index contributed by atoms with van der Waals surface area (Å²) < 4.78 is 12.4. The Morgan fingerprint density at radius 3 is 2.12 bits per heavy atom. The van der Waals surface area contributed by atoms with Crippen LogP contribution in [0.2, 0.25) is 0 Å². The summed E-state index contributed by atoms with van der Waals surface area (Å²) in [6.07, 6.45) is 2.04. The lowest BCUT2D eigenvalue weighted by atomic mass is 10.1. The van der Waals surface area contributed by atoms with Crippen LogP contribution in [0, 0.1) is 13.8 Å². The summed E-state index contributed by atoms with van der Waals surface area (Å²) in [6.45, 7) is 6.47. The molecule has 1 aromatic heterocycles. The third-order valence-electron chi connectivity index (χ3n) is 6.62. The van der Waals surface area contributed by atoms with Crippen LogP contribution in [-0.2, 0) is 31.1 Å². The number of nitrogens with zero attached hydrogens (tertiary/aromatic N) is 2. The molecule has 4 aromatic rings. The highest BCUT2D eigenvalue weighted by molar-refractivity contribution is 5.73. The Morgan fingerprint density at radius 1 is 0.850 bits per heavy atom. The molecule has 7 nitrogen and oxygen atoms in total. The molecule has 0 aliphatic heterocycles. The fourth-order valence-corrected chi connectivity index (χ4v) is 4.49. The SMILES string of the molecule is Cc1cccc(COc2ccccc2CN(CC[C@H](N)C(=O)O)Cc2ncccc2OCc2cccc(C)c2)c1. The van der Waals surface area contributed by atoms with E-state index >= 15 is 0 Å². The molecule has 1 heterocycles. The van der Waals surface area contributed by atoms with Crippen LogP contribution < -0.4 is 15.2 Å². The number of aliphatic carboxylic acids is 1. The number of carboxylic acids is 1. The lowest BCUT2D eigenvalue weighted by Gasteiger charge is -2.25. The van der Waals surface area contributed by atoms with Crippen LogP contribution in [0.4, 0.5) is 0 Å². The summed E-state index contributed by atoms with van der Waals surface area (Å²) in [7, 11) is 0. The van der Waals surface area contributed by atoms with E-state index in [-0.39, 0.29) is 0 Å². The summed E-state index contributed by atoms with van der Waals surface area (Å²) in [6, 6.07) is 27.2. The number of aryl methyl sites for hydroxylation is 2. The topological polar surface area (TPSA) is 97.9 Å². The molecule has 40 heavy (non-hydrogen) atoms. The van der Waals surface area contributed by atoms with Crippen molar-refractivity contribution in [2.45, 2.75) is 52.6 Å². The van der Waals surface area contributed by atoms with Crippen LogP contribution in [0.15, 0.2) is 91.1 Å². The van der Waals surface area contributed by atoms with E-state index in [9.17, 15) is 9.90 Å². The second-order valence-electron chi connectivity index (χ2n) is 10.1. The van der Waals surface area contributed by atoms with Crippen molar-refractivity contribution >= 4 is 5.97 Å². The molecule has 0 unspecified atom stereocenters. The van der Waals surface area contributed by atoms with Gasteiger partial charge < -0.3 is 20.3 Å². The highest BCUT2D eigenvalue weighted by Gasteiger charge is 2.18. The first kappa shape index (κ1) is 28.8. The normalized spacial score (nSPS) is 11.8. The maximum absolute atomic E-state index is 11.4. The highest BCUT2D eigenvalue weighted by Crippen LogP contribution is 2.25. The Balaban J connectivity index is 1.51. The number of benzene rings is 3. The molecule has 3 N–H and O–H groups in total. The number of ether oxygens (including phenoxy) is 2. The van der Waals surface area contributed by atoms with E-state index in [1.165, 1.54) is 11.1 Å². The summed E-state index contributed by atoms with van der Waals surface area (Å²) in [5.41, 5.74) is 12.2. The van der Waals surface area contributed by atoms with Gasteiger partial charge in [-0.15, -0.1) is 0 Å².